The Balaban J connectivity index is 1.76. The summed E-state index contributed by atoms with van der Waals surface area (Å²) in [6.07, 6.45) is -3.46. The molecule has 35 heavy (non-hydrogen) atoms. The van der Waals surface area contributed by atoms with E-state index in [1.54, 1.807) is 0 Å². The summed E-state index contributed by atoms with van der Waals surface area (Å²) in [5.74, 6) is 0.242. The smallest absolute Gasteiger partial charge is 0.343 e. The van der Waals surface area contributed by atoms with Gasteiger partial charge in [0.05, 0.1) is 22.0 Å². The van der Waals surface area contributed by atoms with Crippen LogP contribution in [0.25, 0.3) is 5.69 Å². The Labute approximate surface area is 206 Å². The van der Waals surface area contributed by atoms with Crippen molar-refractivity contribution < 1.29 is 18.0 Å². The van der Waals surface area contributed by atoms with Gasteiger partial charge in [0.25, 0.3) is 0 Å². The Morgan fingerprint density at radius 2 is 1.77 bits per heavy atom. The van der Waals surface area contributed by atoms with Gasteiger partial charge in [0.15, 0.2) is 5.78 Å². The first kappa shape index (κ1) is 23.7. The van der Waals surface area contributed by atoms with E-state index < -0.39 is 11.7 Å². The second-order valence-electron chi connectivity index (χ2n) is 10.2. The number of anilines is 1. The highest BCUT2D eigenvalue weighted by Gasteiger charge is 2.43. The summed E-state index contributed by atoms with van der Waals surface area (Å²) in [5, 5.41) is 8.16. The van der Waals surface area contributed by atoms with Gasteiger partial charge in [-0.2, -0.15) is 18.3 Å². The van der Waals surface area contributed by atoms with Crippen molar-refractivity contribution in [3.8, 4) is 5.69 Å². The third kappa shape index (κ3) is 4.05. The number of benzene rings is 2. The van der Waals surface area contributed by atoms with Crippen LogP contribution in [0.2, 0.25) is 5.02 Å². The lowest BCUT2D eigenvalue weighted by atomic mass is 9.69. The third-order valence-corrected chi connectivity index (χ3v) is 7.11. The summed E-state index contributed by atoms with van der Waals surface area (Å²) in [7, 11) is 0. The Kier molecular flexibility index (Phi) is 5.40. The molecule has 2 aliphatic rings. The van der Waals surface area contributed by atoms with E-state index in [1.165, 1.54) is 10.7 Å². The maximum absolute atomic E-state index is 13.5. The van der Waals surface area contributed by atoms with Crippen LogP contribution in [0.4, 0.5) is 19.0 Å². The first-order valence-corrected chi connectivity index (χ1v) is 11.8. The number of carbonyl (C=O) groups is 1. The van der Waals surface area contributed by atoms with E-state index in [0.717, 1.165) is 34.5 Å². The van der Waals surface area contributed by atoms with Crippen LogP contribution in [0, 0.1) is 19.3 Å². The molecule has 8 heteroatoms. The number of halogens is 4. The van der Waals surface area contributed by atoms with Gasteiger partial charge in [0, 0.05) is 29.2 Å². The SMILES string of the molecule is Cc1ccc(C2C3=C(CC(C)(C)CC3=O)Nc3c2c(C)nn3-c2cc(C(F)(F)F)ccc2Cl)cc1. The monoisotopic (exact) mass is 499 g/mol. The molecule has 1 aliphatic carbocycles. The van der Waals surface area contributed by atoms with Gasteiger partial charge in [-0.3, -0.25) is 4.79 Å². The molecule has 1 aromatic heterocycles. The number of rotatable bonds is 2. The van der Waals surface area contributed by atoms with Gasteiger partial charge in [-0.25, -0.2) is 4.68 Å². The van der Waals surface area contributed by atoms with Gasteiger partial charge >= 0.3 is 6.18 Å². The highest BCUT2D eigenvalue weighted by atomic mass is 35.5. The summed E-state index contributed by atoms with van der Waals surface area (Å²) in [5.41, 5.74) is 4.00. The first-order valence-electron chi connectivity index (χ1n) is 11.4. The summed E-state index contributed by atoms with van der Waals surface area (Å²) < 4.78 is 41.9. The van der Waals surface area contributed by atoms with Crippen LogP contribution in [0.5, 0.6) is 0 Å². The van der Waals surface area contributed by atoms with Crippen molar-refractivity contribution in [3.05, 3.63) is 86.7 Å². The average molecular weight is 500 g/mol. The molecule has 0 saturated heterocycles. The Morgan fingerprint density at radius 1 is 1.09 bits per heavy atom. The lowest BCUT2D eigenvalue weighted by molar-refractivity contribution is -0.137. The molecule has 4 nitrogen and oxygen atoms in total. The van der Waals surface area contributed by atoms with Crippen molar-refractivity contribution in [2.24, 2.45) is 5.41 Å². The van der Waals surface area contributed by atoms with E-state index in [1.807, 2.05) is 52.0 Å². The second-order valence-corrected chi connectivity index (χ2v) is 10.6. The summed E-state index contributed by atoms with van der Waals surface area (Å²) >= 11 is 6.39. The predicted molar refractivity (Wildman–Crippen MR) is 130 cm³/mol. The molecule has 0 spiro atoms. The highest BCUT2D eigenvalue weighted by molar-refractivity contribution is 6.32. The molecule has 0 saturated carbocycles. The maximum Gasteiger partial charge on any atom is 0.416 e. The molecule has 3 aromatic rings. The lowest BCUT2D eigenvalue weighted by Gasteiger charge is -2.38. The van der Waals surface area contributed by atoms with Crippen molar-refractivity contribution in [3.63, 3.8) is 0 Å². The third-order valence-electron chi connectivity index (χ3n) is 6.79. The van der Waals surface area contributed by atoms with Gasteiger partial charge in [0.1, 0.15) is 5.82 Å². The quantitative estimate of drug-likeness (QED) is 0.400. The van der Waals surface area contributed by atoms with E-state index in [2.05, 4.69) is 10.4 Å². The Bertz CT molecular complexity index is 1380. The molecule has 1 unspecified atom stereocenters. The number of hydrogen-bond donors (Lipinski definition) is 1. The van der Waals surface area contributed by atoms with Crippen molar-refractivity contribution >= 4 is 23.2 Å². The molecule has 0 radical (unpaired) electrons. The molecular formula is C27H25ClF3N3O. The van der Waals surface area contributed by atoms with Gasteiger partial charge in [-0.1, -0.05) is 55.3 Å². The zero-order chi connectivity index (χ0) is 25.3. The number of ketones is 1. The topological polar surface area (TPSA) is 46.9 Å². The zero-order valence-corrected chi connectivity index (χ0v) is 20.6. The molecule has 1 aliphatic heterocycles. The molecule has 5 rings (SSSR count). The number of allylic oxidation sites excluding steroid dienone is 2. The molecule has 182 valence electrons. The van der Waals surface area contributed by atoms with Crippen LogP contribution < -0.4 is 5.32 Å². The van der Waals surface area contributed by atoms with Crippen molar-refractivity contribution in [1.29, 1.82) is 0 Å². The molecule has 1 atom stereocenters. The fraction of sp³-hybridized carbons (Fsp3) is 0.333. The van der Waals surface area contributed by atoms with E-state index in [9.17, 15) is 18.0 Å². The fourth-order valence-electron chi connectivity index (χ4n) is 5.19. The lowest BCUT2D eigenvalue weighted by Crippen LogP contribution is -2.34. The number of hydrogen-bond acceptors (Lipinski definition) is 3. The molecular weight excluding hydrogens is 475 g/mol. The van der Waals surface area contributed by atoms with Gasteiger partial charge in [-0.05, 0) is 49.4 Å². The minimum Gasteiger partial charge on any atom is -0.343 e. The maximum atomic E-state index is 13.5. The Hall–Kier alpha value is -3.06. The van der Waals surface area contributed by atoms with E-state index in [0.29, 0.717) is 29.9 Å². The average Bonchev–Trinajstić information content (AvgIpc) is 3.07. The molecule has 2 heterocycles. The second kappa shape index (κ2) is 7.98. The number of nitrogens with zero attached hydrogens (tertiary/aromatic N) is 2. The number of alkyl halides is 3. The number of aromatic nitrogens is 2. The highest BCUT2D eigenvalue weighted by Crippen LogP contribution is 2.50. The summed E-state index contributed by atoms with van der Waals surface area (Å²) in [6.45, 7) is 7.88. The van der Waals surface area contributed by atoms with Gasteiger partial charge in [-0.15, -0.1) is 0 Å². The number of aryl methyl sites for hydroxylation is 2. The van der Waals surface area contributed by atoms with E-state index in [4.69, 9.17) is 11.6 Å². The van der Waals surface area contributed by atoms with Crippen LogP contribution in [0.1, 0.15) is 60.6 Å². The first-order chi connectivity index (χ1) is 16.4. The van der Waals surface area contributed by atoms with Crippen LogP contribution >= 0.6 is 11.6 Å². The van der Waals surface area contributed by atoms with Gasteiger partial charge < -0.3 is 5.32 Å². The molecule has 1 N–H and O–H groups in total. The van der Waals surface area contributed by atoms with Crippen LogP contribution in [0.3, 0.4) is 0 Å². The minimum absolute atomic E-state index is 0.0734. The molecule has 2 aromatic carbocycles. The van der Waals surface area contributed by atoms with E-state index >= 15 is 0 Å². The Morgan fingerprint density at radius 3 is 2.43 bits per heavy atom. The minimum atomic E-state index is -4.52. The fourth-order valence-corrected chi connectivity index (χ4v) is 5.39. The molecule has 0 fully saturated rings. The van der Waals surface area contributed by atoms with Crippen molar-refractivity contribution in [1.82, 2.24) is 9.78 Å². The number of Topliss-reactive ketones (excluding diaryl/α,β-unsaturated/α-hetero) is 1. The molecule has 0 bridgehead atoms. The van der Waals surface area contributed by atoms with Crippen LogP contribution in [-0.4, -0.2) is 15.6 Å². The van der Waals surface area contributed by atoms with Crippen molar-refractivity contribution in [2.75, 3.05) is 5.32 Å². The number of carbonyl (C=O) groups excluding carboxylic acids is 1. The summed E-state index contributed by atoms with van der Waals surface area (Å²) in [6, 6.07) is 11.2. The predicted octanol–water partition coefficient (Wildman–Crippen LogP) is 7.36. The normalized spacial score (nSPS) is 19.3. The van der Waals surface area contributed by atoms with E-state index in [-0.39, 0.29) is 27.8 Å². The van der Waals surface area contributed by atoms with Crippen molar-refractivity contribution in [2.45, 2.75) is 52.6 Å². The largest absolute Gasteiger partial charge is 0.416 e. The number of fused-ring (bicyclic) bond motifs is 1. The van der Waals surface area contributed by atoms with Crippen LogP contribution in [-0.2, 0) is 11.0 Å². The molecule has 0 amide bonds. The van der Waals surface area contributed by atoms with Crippen LogP contribution in [0.15, 0.2) is 53.7 Å². The zero-order valence-electron chi connectivity index (χ0n) is 19.8. The summed E-state index contributed by atoms with van der Waals surface area (Å²) in [4.78, 5) is 13.4. The number of nitrogens with one attached hydrogen (secondary N) is 1. The standard InChI is InChI=1S/C27H25ClF3N3O/c1-14-5-7-16(8-6-14)23-22-15(2)33-34(20-11-17(27(29,30)31)9-10-18(20)28)25(22)32-19-12-26(3,4)13-21(35)24(19)23/h5-11,23,32H,12-13H2,1-4H3. The van der Waals surface area contributed by atoms with Gasteiger partial charge in [0.2, 0.25) is 0 Å².